The second kappa shape index (κ2) is 8.40. The molecule has 144 valence electrons. The zero-order valence-corrected chi connectivity index (χ0v) is 15.8. The zero-order chi connectivity index (χ0) is 19.3. The van der Waals surface area contributed by atoms with Gasteiger partial charge >= 0.3 is 0 Å². The van der Waals surface area contributed by atoms with Crippen LogP contribution >= 0.6 is 0 Å². The van der Waals surface area contributed by atoms with Gasteiger partial charge in [0.1, 0.15) is 12.4 Å². The summed E-state index contributed by atoms with van der Waals surface area (Å²) < 4.78 is 24.8. The van der Waals surface area contributed by atoms with Gasteiger partial charge in [-0.3, -0.25) is 4.98 Å². The molecule has 1 aliphatic rings. The fourth-order valence-electron chi connectivity index (χ4n) is 3.62. The van der Waals surface area contributed by atoms with Crippen LogP contribution in [0.3, 0.4) is 0 Å². The van der Waals surface area contributed by atoms with E-state index in [0.29, 0.717) is 24.7 Å². The molecule has 1 aliphatic carbocycles. The number of pyridine rings is 1. The van der Waals surface area contributed by atoms with Gasteiger partial charge in [-0.25, -0.2) is 4.39 Å². The number of ether oxygens (including phenoxy) is 2. The monoisotopic (exact) mass is 378 g/mol. The van der Waals surface area contributed by atoms with E-state index in [0.717, 1.165) is 29.5 Å². The topological polar surface area (TPSA) is 43.4 Å². The van der Waals surface area contributed by atoms with Crippen LogP contribution in [0, 0.1) is 5.82 Å². The zero-order valence-electron chi connectivity index (χ0n) is 15.8. The molecule has 0 amide bonds. The summed E-state index contributed by atoms with van der Waals surface area (Å²) in [6.45, 7) is 1.17. The van der Waals surface area contributed by atoms with Crippen LogP contribution in [-0.2, 0) is 19.6 Å². The van der Waals surface area contributed by atoms with E-state index < -0.39 is 0 Å². The number of rotatable bonds is 7. The molecule has 0 saturated carbocycles. The molecule has 0 fully saturated rings. The van der Waals surface area contributed by atoms with Crippen LogP contribution < -0.4 is 14.8 Å². The number of hydrogen-bond donors (Lipinski definition) is 1. The van der Waals surface area contributed by atoms with Gasteiger partial charge in [-0.05, 0) is 71.5 Å². The summed E-state index contributed by atoms with van der Waals surface area (Å²) in [7, 11) is 1.65. The van der Waals surface area contributed by atoms with Crippen LogP contribution in [0.2, 0.25) is 0 Å². The standard InChI is InChI=1S/C23H23FN2O2/c1-27-23-12-17(2-7-22(23)28-15-16-8-10-25-11-9-16)14-26-21-6-3-18-13-19(24)4-5-20(18)21/h2,4-5,7-13,21,26H,3,6,14-15H2,1H3. The second-order valence-electron chi connectivity index (χ2n) is 6.94. The molecule has 1 N–H and O–H groups in total. The van der Waals surface area contributed by atoms with Gasteiger partial charge in [0.05, 0.1) is 7.11 Å². The van der Waals surface area contributed by atoms with E-state index in [1.54, 1.807) is 25.6 Å². The maximum absolute atomic E-state index is 13.4. The fraction of sp³-hybridized carbons (Fsp3) is 0.261. The highest BCUT2D eigenvalue weighted by Crippen LogP contribution is 2.33. The number of nitrogens with one attached hydrogen (secondary N) is 1. The summed E-state index contributed by atoms with van der Waals surface area (Å²) in [6, 6.07) is 15.2. The van der Waals surface area contributed by atoms with Crippen molar-refractivity contribution in [3.8, 4) is 11.5 Å². The van der Waals surface area contributed by atoms with Crippen molar-refractivity contribution in [2.45, 2.75) is 32.0 Å². The quantitative estimate of drug-likeness (QED) is 0.653. The second-order valence-corrected chi connectivity index (χ2v) is 6.94. The lowest BCUT2D eigenvalue weighted by Gasteiger charge is -2.16. The largest absolute Gasteiger partial charge is 0.493 e. The van der Waals surface area contributed by atoms with Crippen LogP contribution in [-0.4, -0.2) is 12.1 Å². The highest BCUT2D eigenvalue weighted by Gasteiger charge is 2.22. The summed E-state index contributed by atoms with van der Waals surface area (Å²) >= 11 is 0. The van der Waals surface area contributed by atoms with E-state index in [9.17, 15) is 4.39 Å². The lowest BCUT2D eigenvalue weighted by atomic mass is 10.1. The summed E-state index contributed by atoms with van der Waals surface area (Å²) in [5.74, 6) is 1.26. The number of nitrogens with zero attached hydrogens (tertiary/aromatic N) is 1. The van der Waals surface area contributed by atoms with Gasteiger partial charge in [-0.15, -0.1) is 0 Å². The van der Waals surface area contributed by atoms with Crippen molar-refractivity contribution in [1.82, 2.24) is 10.3 Å². The van der Waals surface area contributed by atoms with Gasteiger partial charge < -0.3 is 14.8 Å². The molecule has 0 radical (unpaired) electrons. The van der Waals surface area contributed by atoms with Crippen molar-refractivity contribution >= 4 is 0 Å². The Morgan fingerprint density at radius 2 is 1.89 bits per heavy atom. The van der Waals surface area contributed by atoms with Crippen LogP contribution in [0.4, 0.5) is 4.39 Å². The molecule has 0 bridgehead atoms. The van der Waals surface area contributed by atoms with Gasteiger partial charge in [0.2, 0.25) is 0 Å². The summed E-state index contributed by atoms with van der Waals surface area (Å²) in [6.07, 6.45) is 5.40. The molecule has 3 aromatic rings. The number of halogens is 1. The third kappa shape index (κ3) is 4.15. The number of aryl methyl sites for hydroxylation is 1. The first kappa shape index (κ1) is 18.4. The molecular weight excluding hydrogens is 355 g/mol. The van der Waals surface area contributed by atoms with Gasteiger partial charge in [-0.2, -0.15) is 0 Å². The Balaban J connectivity index is 1.39. The van der Waals surface area contributed by atoms with Crippen LogP contribution in [0.15, 0.2) is 60.9 Å². The minimum absolute atomic E-state index is 0.161. The smallest absolute Gasteiger partial charge is 0.161 e. The molecule has 0 spiro atoms. The predicted molar refractivity (Wildman–Crippen MR) is 106 cm³/mol. The van der Waals surface area contributed by atoms with E-state index in [4.69, 9.17) is 9.47 Å². The first-order chi connectivity index (χ1) is 13.7. The van der Waals surface area contributed by atoms with Crippen LogP contribution in [0.5, 0.6) is 11.5 Å². The summed E-state index contributed by atoms with van der Waals surface area (Å²) in [5.41, 5.74) is 4.48. The van der Waals surface area contributed by atoms with Crippen molar-refractivity contribution in [2.24, 2.45) is 0 Å². The number of benzene rings is 2. The normalized spacial score (nSPS) is 15.3. The van der Waals surface area contributed by atoms with E-state index in [-0.39, 0.29) is 11.9 Å². The van der Waals surface area contributed by atoms with E-state index in [2.05, 4.69) is 10.3 Å². The highest BCUT2D eigenvalue weighted by atomic mass is 19.1. The molecule has 4 nitrogen and oxygen atoms in total. The molecule has 1 aromatic heterocycles. The molecule has 28 heavy (non-hydrogen) atoms. The molecule has 0 aliphatic heterocycles. The minimum atomic E-state index is -0.161. The Morgan fingerprint density at radius 1 is 1.04 bits per heavy atom. The van der Waals surface area contributed by atoms with E-state index >= 15 is 0 Å². The van der Waals surface area contributed by atoms with Gasteiger partial charge in [-0.1, -0.05) is 12.1 Å². The van der Waals surface area contributed by atoms with E-state index in [1.165, 1.54) is 11.6 Å². The van der Waals surface area contributed by atoms with Gasteiger partial charge in [0.25, 0.3) is 0 Å². The first-order valence-corrected chi connectivity index (χ1v) is 9.43. The van der Waals surface area contributed by atoms with Gasteiger partial charge in [0.15, 0.2) is 11.5 Å². The molecule has 0 saturated heterocycles. The maximum atomic E-state index is 13.4. The lowest BCUT2D eigenvalue weighted by molar-refractivity contribution is 0.284. The Hall–Kier alpha value is -2.92. The molecule has 4 rings (SSSR count). The molecule has 2 aromatic carbocycles. The summed E-state index contributed by atoms with van der Waals surface area (Å²) in [5, 5.41) is 3.58. The van der Waals surface area contributed by atoms with Crippen molar-refractivity contribution < 1.29 is 13.9 Å². The maximum Gasteiger partial charge on any atom is 0.161 e. The third-order valence-electron chi connectivity index (χ3n) is 5.11. The Labute approximate surface area is 164 Å². The van der Waals surface area contributed by atoms with Crippen molar-refractivity contribution in [3.05, 3.63) is 89.0 Å². The van der Waals surface area contributed by atoms with Gasteiger partial charge in [0, 0.05) is 25.0 Å². The van der Waals surface area contributed by atoms with Crippen molar-refractivity contribution in [2.75, 3.05) is 7.11 Å². The average molecular weight is 378 g/mol. The van der Waals surface area contributed by atoms with Crippen molar-refractivity contribution in [1.29, 1.82) is 0 Å². The van der Waals surface area contributed by atoms with Crippen LogP contribution in [0.1, 0.15) is 34.7 Å². The first-order valence-electron chi connectivity index (χ1n) is 9.43. The Morgan fingerprint density at radius 3 is 2.71 bits per heavy atom. The Kier molecular flexibility index (Phi) is 5.53. The minimum Gasteiger partial charge on any atom is -0.493 e. The summed E-state index contributed by atoms with van der Waals surface area (Å²) in [4.78, 5) is 4.01. The lowest BCUT2D eigenvalue weighted by Crippen LogP contribution is -2.18. The number of aromatic nitrogens is 1. The SMILES string of the molecule is COc1cc(CNC2CCc3cc(F)ccc32)ccc1OCc1ccncc1. The molecule has 1 unspecified atom stereocenters. The molecular formula is C23H23FN2O2. The average Bonchev–Trinajstić information content (AvgIpc) is 3.13. The number of fused-ring (bicyclic) bond motifs is 1. The molecule has 1 heterocycles. The van der Waals surface area contributed by atoms with E-state index in [1.807, 2.05) is 36.4 Å². The van der Waals surface area contributed by atoms with Crippen molar-refractivity contribution in [3.63, 3.8) is 0 Å². The third-order valence-corrected chi connectivity index (χ3v) is 5.11. The fourth-order valence-corrected chi connectivity index (χ4v) is 3.62. The molecule has 1 atom stereocenters. The predicted octanol–water partition coefficient (Wildman–Crippen LogP) is 4.59. The Bertz CT molecular complexity index is 947. The highest BCUT2D eigenvalue weighted by molar-refractivity contribution is 5.43. The number of hydrogen-bond acceptors (Lipinski definition) is 4. The van der Waals surface area contributed by atoms with Crippen LogP contribution in [0.25, 0.3) is 0 Å². The number of methoxy groups -OCH3 is 1. The molecule has 5 heteroatoms.